The molecule has 0 radical (unpaired) electrons. The van der Waals surface area contributed by atoms with Gasteiger partial charge in [-0.3, -0.25) is 19.2 Å². The Labute approximate surface area is 274 Å². The number of carbonyl (C=O) groups is 3. The third-order valence-electron chi connectivity index (χ3n) is 8.92. The van der Waals surface area contributed by atoms with E-state index in [1.807, 2.05) is 36.4 Å². The number of likely N-dealkylation sites (N-methyl/N-ethyl adjacent to an activating group) is 1. The van der Waals surface area contributed by atoms with Gasteiger partial charge in [0.1, 0.15) is 6.04 Å². The fraction of sp³-hybridized carbons (Fsp3) is 0.389. The summed E-state index contributed by atoms with van der Waals surface area (Å²) in [5.41, 5.74) is 5.35. The Bertz CT molecular complexity index is 1740. The fourth-order valence-corrected chi connectivity index (χ4v) is 6.65. The molecule has 1 aliphatic heterocycles. The van der Waals surface area contributed by atoms with Crippen LogP contribution in [0.5, 0.6) is 17.2 Å². The second-order valence-corrected chi connectivity index (χ2v) is 11.8. The van der Waals surface area contributed by atoms with Crippen molar-refractivity contribution in [2.45, 2.75) is 57.7 Å². The lowest BCUT2D eigenvalue weighted by Crippen LogP contribution is -2.51. The number of hydrogen-bond acceptors (Lipinski definition) is 8. The summed E-state index contributed by atoms with van der Waals surface area (Å²) in [6, 6.07) is 13.9. The number of nitrogens with one attached hydrogen (secondary N) is 3. The standard InChI is InChI=1S/C36H42N4O7/c1-21(41)39-27-14-12-23-18-31(45-3)34(46-4)35(47-5)33(23)25-13-15-28(30(42)19-26(25)27)38-16-8-11-32(43)40-20-24-10-7-6-9-22(24)17-29(40)36(44)37-2/h6-7,9-10,13,15,18-19,27,29H,8,11-12,14,16-17,20H2,1-5H3,(H,37,44)(H,38,42)(H,39,41)/t27-,29-/m1/s1. The van der Waals surface area contributed by atoms with E-state index in [0.29, 0.717) is 67.3 Å². The summed E-state index contributed by atoms with van der Waals surface area (Å²) in [5, 5.41) is 8.92. The second kappa shape index (κ2) is 14.6. The zero-order valence-electron chi connectivity index (χ0n) is 27.5. The largest absolute Gasteiger partial charge is 0.493 e. The number of anilines is 1. The minimum Gasteiger partial charge on any atom is -0.493 e. The topological polar surface area (TPSA) is 135 Å². The van der Waals surface area contributed by atoms with Crippen LogP contribution in [0.4, 0.5) is 5.69 Å². The highest BCUT2D eigenvalue weighted by Gasteiger charge is 2.34. The van der Waals surface area contributed by atoms with Crippen LogP contribution in [0, 0.1) is 0 Å². The van der Waals surface area contributed by atoms with Crippen LogP contribution >= 0.6 is 0 Å². The molecule has 5 rings (SSSR count). The minimum absolute atomic E-state index is 0.117. The van der Waals surface area contributed by atoms with Crippen LogP contribution in [-0.2, 0) is 33.8 Å². The normalized spacial score (nSPS) is 16.4. The Hall–Kier alpha value is -5.06. The van der Waals surface area contributed by atoms with Crippen LogP contribution in [-0.4, -0.2) is 63.6 Å². The molecule has 2 aliphatic rings. The van der Waals surface area contributed by atoms with E-state index in [4.69, 9.17) is 14.2 Å². The Morgan fingerprint density at radius 2 is 1.68 bits per heavy atom. The molecule has 248 valence electrons. The van der Waals surface area contributed by atoms with Crippen molar-refractivity contribution < 1.29 is 28.6 Å². The summed E-state index contributed by atoms with van der Waals surface area (Å²) < 4.78 is 17.1. The van der Waals surface area contributed by atoms with Crippen LogP contribution in [0.2, 0.25) is 0 Å². The lowest BCUT2D eigenvalue weighted by Gasteiger charge is -2.36. The maximum absolute atomic E-state index is 13.6. The van der Waals surface area contributed by atoms with Crippen molar-refractivity contribution in [3.05, 3.63) is 81.0 Å². The predicted octanol–water partition coefficient (Wildman–Crippen LogP) is 3.75. The number of benzene rings is 2. The van der Waals surface area contributed by atoms with Crippen molar-refractivity contribution in [3.63, 3.8) is 0 Å². The minimum atomic E-state index is -0.567. The van der Waals surface area contributed by atoms with Gasteiger partial charge in [0.2, 0.25) is 28.9 Å². The lowest BCUT2D eigenvalue weighted by atomic mass is 9.93. The van der Waals surface area contributed by atoms with E-state index in [-0.39, 0.29) is 29.6 Å². The zero-order chi connectivity index (χ0) is 33.7. The van der Waals surface area contributed by atoms with E-state index in [0.717, 1.165) is 27.8 Å². The van der Waals surface area contributed by atoms with Crippen LogP contribution in [0.1, 0.15) is 54.5 Å². The Morgan fingerprint density at radius 3 is 2.36 bits per heavy atom. The van der Waals surface area contributed by atoms with E-state index in [9.17, 15) is 19.2 Å². The molecule has 0 unspecified atom stereocenters. The first-order valence-corrected chi connectivity index (χ1v) is 15.8. The number of methoxy groups -OCH3 is 3. The van der Waals surface area contributed by atoms with E-state index >= 15 is 0 Å². The van der Waals surface area contributed by atoms with Crippen molar-refractivity contribution in [2.75, 3.05) is 40.2 Å². The van der Waals surface area contributed by atoms with Crippen LogP contribution < -0.4 is 35.6 Å². The molecule has 0 aromatic heterocycles. The number of carbonyl (C=O) groups excluding carboxylic acids is 3. The highest BCUT2D eigenvalue weighted by atomic mass is 16.5. The molecular weight excluding hydrogens is 600 g/mol. The first-order chi connectivity index (χ1) is 22.7. The Morgan fingerprint density at radius 1 is 0.936 bits per heavy atom. The number of rotatable bonds is 10. The third kappa shape index (κ3) is 6.89. The number of hydrogen-bond donors (Lipinski definition) is 3. The van der Waals surface area contributed by atoms with Crippen molar-refractivity contribution in [2.24, 2.45) is 0 Å². The molecule has 1 heterocycles. The highest BCUT2D eigenvalue weighted by molar-refractivity contribution is 5.88. The van der Waals surface area contributed by atoms with Gasteiger partial charge in [0.25, 0.3) is 0 Å². The molecule has 3 aromatic carbocycles. The van der Waals surface area contributed by atoms with Gasteiger partial charge in [0.05, 0.1) is 33.1 Å². The number of nitrogens with zero attached hydrogens (tertiary/aromatic N) is 1. The van der Waals surface area contributed by atoms with E-state index in [1.54, 1.807) is 45.4 Å². The molecule has 0 saturated heterocycles. The summed E-state index contributed by atoms with van der Waals surface area (Å²) in [6.45, 7) is 2.20. The average Bonchev–Trinajstić information content (AvgIpc) is 3.32. The van der Waals surface area contributed by atoms with Crippen LogP contribution in [0.15, 0.2) is 53.3 Å². The van der Waals surface area contributed by atoms with Gasteiger partial charge >= 0.3 is 0 Å². The maximum atomic E-state index is 13.6. The van der Waals surface area contributed by atoms with Gasteiger partial charge in [-0.1, -0.05) is 30.3 Å². The predicted molar refractivity (Wildman–Crippen MR) is 179 cm³/mol. The number of amides is 3. The molecule has 2 atom stereocenters. The van der Waals surface area contributed by atoms with Crippen LogP contribution in [0.25, 0.3) is 11.1 Å². The second-order valence-electron chi connectivity index (χ2n) is 11.8. The van der Waals surface area contributed by atoms with E-state index in [1.165, 1.54) is 6.92 Å². The molecule has 11 heteroatoms. The van der Waals surface area contributed by atoms with E-state index < -0.39 is 12.1 Å². The van der Waals surface area contributed by atoms with Crippen LogP contribution in [0.3, 0.4) is 0 Å². The molecule has 0 spiro atoms. The third-order valence-corrected chi connectivity index (χ3v) is 8.92. The SMILES string of the molecule is CNC(=O)[C@H]1Cc2ccccc2CN1C(=O)CCCNc1ccc2c(cc1=O)[C@H](NC(C)=O)CCc1cc(OC)c(OC)c(OC)c1-2. The summed E-state index contributed by atoms with van der Waals surface area (Å²) in [4.78, 5) is 53.5. The maximum Gasteiger partial charge on any atom is 0.242 e. The lowest BCUT2D eigenvalue weighted by molar-refractivity contribution is -0.141. The summed E-state index contributed by atoms with van der Waals surface area (Å²) in [6.07, 6.45) is 2.30. The van der Waals surface area contributed by atoms with Gasteiger partial charge < -0.3 is 35.1 Å². The van der Waals surface area contributed by atoms with Gasteiger partial charge in [0, 0.05) is 45.5 Å². The number of aryl methyl sites for hydroxylation is 1. The molecular formula is C36H42N4O7. The molecule has 11 nitrogen and oxygen atoms in total. The molecule has 3 aromatic rings. The van der Waals surface area contributed by atoms with Gasteiger partial charge in [-0.15, -0.1) is 0 Å². The molecule has 3 amide bonds. The molecule has 3 N–H and O–H groups in total. The average molecular weight is 643 g/mol. The van der Waals surface area contributed by atoms with Gasteiger partial charge in [0.15, 0.2) is 11.5 Å². The first kappa shape index (κ1) is 33.3. The van der Waals surface area contributed by atoms with Crippen molar-refractivity contribution in [3.8, 4) is 28.4 Å². The summed E-state index contributed by atoms with van der Waals surface area (Å²) >= 11 is 0. The quantitative estimate of drug-likeness (QED) is 0.285. The molecule has 1 aliphatic carbocycles. The van der Waals surface area contributed by atoms with Crippen molar-refractivity contribution in [1.29, 1.82) is 0 Å². The number of ether oxygens (including phenoxy) is 3. The summed E-state index contributed by atoms with van der Waals surface area (Å²) in [7, 11) is 6.25. The molecule has 0 bridgehead atoms. The van der Waals surface area contributed by atoms with E-state index in [2.05, 4.69) is 16.0 Å². The molecule has 47 heavy (non-hydrogen) atoms. The van der Waals surface area contributed by atoms with Crippen molar-refractivity contribution in [1.82, 2.24) is 15.5 Å². The number of fused-ring (bicyclic) bond motifs is 4. The van der Waals surface area contributed by atoms with Gasteiger partial charge in [-0.25, -0.2) is 0 Å². The van der Waals surface area contributed by atoms with Gasteiger partial charge in [-0.05, 0) is 65.3 Å². The Kier molecular flexibility index (Phi) is 10.3. The van der Waals surface area contributed by atoms with Gasteiger partial charge in [-0.2, -0.15) is 0 Å². The van der Waals surface area contributed by atoms with Crippen molar-refractivity contribution >= 4 is 23.4 Å². The fourth-order valence-electron chi connectivity index (χ4n) is 6.65. The molecule has 0 fully saturated rings. The molecule has 0 saturated carbocycles. The zero-order valence-corrected chi connectivity index (χ0v) is 27.5. The Balaban J connectivity index is 1.39. The highest BCUT2D eigenvalue weighted by Crippen LogP contribution is 2.50. The first-order valence-electron chi connectivity index (χ1n) is 15.8. The monoisotopic (exact) mass is 642 g/mol. The smallest absolute Gasteiger partial charge is 0.242 e. The summed E-state index contributed by atoms with van der Waals surface area (Å²) in [5.74, 6) is 0.935.